The number of fused-ring (bicyclic) bond motifs is 1. The molecule has 0 saturated carbocycles. The van der Waals surface area contributed by atoms with E-state index >= 15 is 0 Å². The number of anilines is 1. The summed E-state index contributed by atoms with van der Waals surface area (Å²) in [6.07, 6.45) is 1.18. The van der Waals surface area contributed by atoms with Gasteiger partial charge in [0.2, 0.25) is 0 Å². The summed E-state index contributed by atoms with van der Waals surface area (Å²) in [4.78, 5) is 32.9. The summed E-state index contributed by atoms with van der Waals surface area (Å²) in [5.41, 5.74) is -0.136. The first-order valence-corrected chi connectivity index (χ1v) is 8.73. The molecule has 1 atom stereocenters. The fraction of sp³-hybridized carbons (Fsp3) is 0.250. The number of benzene rings is 1. The molecule has 6 nitrogen and oxygen atoms in total. The molecule has 1 saturated heterocycles. The molecule has 0 radical (unpaired) electrons. The van der Waals surface area contributed by atoms with Gasteiger partial charge in [-0.05, 0) is 31.2 Å². The van der Waals surface area contributed by atoms with Gasteiger partial charge in [0.05, 0.1) is 6.20 Å². The zero-order chi connectivity index (χ0) is 19.0. The standard InChI is InChI=1S/C20H18FN3O3/c1-13-12-23(8-9-24(13)18-7-6-15(21)11-22-18)19(25)16-10-14-4-2-3-5-17(14)27-20(16)26/h2-7,10-11,13H,8-9,12H2,1H3. The fourth-order valence-corrected chi connectivity index (χ4v) is 3.40. The number of hydrogen-bond donors (Lipinski definition) is 0. The van der Waals surface area contributed by atoms with Crippen LogP contribution < -0.4 is 10.5 Å². The molecule has 0 aliphatic carbocycles. The Labute approximate surface area is 154 Å². The quantitative estimate of drug-likeness (QED) is 0.652. The Morgan fingerprint density at radius 1 is 1.22 bits per heavy atom. The first-order valence-electron chi connectivity index (χ1n) is 8.73. The molecule has 1 aromatic carbocycles. The molecule has 0 spiro atoms. The predicted molar refractivity (Wildman–Crippen MR) is 99.4 cm³/mol. The van der Waals surface area contributed by atoms with E-state index in [0.29, 0.717) is 36.4 Å². The number of nitrogens with zero attached hydrogens (tertiary/aromatic N) is 3. The lowest BCUT2D eigenvalue weighted by atomic mass is 10.1. The SMILES string of the molecule is CC1CN(C(=O)c2cc3ccccc3oc2=O)CCN1c1ccc(F)cn1. The van der Waals surface area contributed by atoms with E-state index in [1.807, 2.05) is 17.9 Å². The Bertz CT molecular complexity index is 1050. The average molecular weight is 367 g/mol. The minimum absolute atomic E-state index is 0.0202. The van der Waals surface area contributed by atoms with Crippen LogP contribution in [0.4, 0.5) is 10.2 Å². The first kappa shape index (κ1) is 17.2. The molecule has 0 bridgehead atoms. The Morgan fingerprint density at radius 3 is 2.78 bits per heavy atom. The Morgan fingerprint density at radius 2 is 2.04 bits per heavy atom. The van der Waals surface area contributed by atoms with Crippen molar-refractivity contribution in [2.24, 2.45) is 0 Å². The van der Waals surface area contributed by atoms with Gasteiger partial charge in [-0.1, -0.05) is 18.2 Å². The highest BCUT2D eigenvalue weighted by atomic mass is 19.1. The number of carbonyl (C=O) groups is 1. The lowest BCUT2D eigenvalue weighted by Crippen LogP contribution is -2.54. The van der Waals surface area contributed by atoms with E-state index in [4.69, 9.17) is 4.42 Å². The van der Waals surface area contributed by atoms with Crippen molar-refractivity contribution in [3.63, 3.8) is 0 Å². The maximum Gasteiger partial charge on any atom is 0.349 e. The van der Waals surface area contributed by atoms with Crippen molar-refractivity contribution in [1.29, 1.82) is 0 Å². The maximum absolute atomic E-state index is 13.1. The molecular weight excluding hydrogens is 349 g/mol. The van der Waals surface area contributed by atoms with Gasteiger partial charge in [-0.2, -0.15) is 0 Å². The molecular formula is C20H18FN3O3. The molecule has 0 N–H and O–H groups in total. The molecule has 2 aromatic heterocycles. The molecule has 1 unspecified atom stereocenters. The first-order chi connectivity index (χ1) is 13.0. The highest BCUT2D eigenvalue weighted by molar-refractivity contribution is 5.96. The molecule has 3 heterocycles. The van der Waals surface area contributed by atoms with Crippen molar-refractivity contribution in [2.75, 3.05) is 24.5 Å². The van der Waals surface area contributed by atoms with Crippen LogP contribution in [0.3, 0.4) is 0 Å². The third kappa shape index (κ3) is 3.28. The molecule has 7 heteroatoms. The van der Waals surface area contributed by atoms with Gasteiger partial charge < -0.3 is 14.2 Å². The van der Waals surface area contributed by atoms with Gasteiger partial charge in [0.15, 0.2) is 0 Å². The zero-order valence-electron chi connectivity index (χ0n) is 14.8. The highest BCUT2D eigenvalue weighted by Gasteiger charge is 2.29. The molecule has 3 aromatic rings. The largest absolute Gasteiger partial charge is 0.422 e. The van der Waals surface area contributed by atoms with Crippen LogP contribution in [0.5, 0.6) is 0 Å². The van der Waals surface area contributed by atoms with Gasteiger partial charge >= 0.3 is 5.63 Å². The average Bonchev–Trinajstić information content (AvgIpc) is 2.67. The summed E-state index contributed by atoms with van der Waals surface area (Å²) < 4.78 is 18.4. The van der Waals surface area contributed by atoms with Gasteiger partial charge in [0.25, 0.3) is 5.91 Å². The third-order valence-electron chi connectivity index (χ3n) is 4.79. The second-order valence-corrected chi connectivity index (χ2v) is 6.61. The predicted octanol–water partition coefficient (Wildman–Crippen LogP) is 2.68. The van der Waals surface area contributed by atoms with Gasteiger partial charge in [-0.25, -0.2) is 14.2 Å². The lowest BCUT2D eigenvalue weighted by Gasteiger charge is -2.40. The van der Waals surface area contributed by atoms with E-state index in [-0.39, 0.29) is 23.3 Å². The lowest BCUT2D eigenvalue weighted by molar-refractivity contribution is 0.0722. The molecule has 27 heavy (non-hydrogen) atoms. The Balaban J connectivity index is 1.55. The second kappa shape index (κ2) is 6.83. The topological polar surface area (TPSA) is 66.7 Å². The van der Waals surface area contributed by atoms with Gasteiger partial charge in [0, 0.05) is 31.1 Å². The van der Waals surface area contributed by atoms with E-state index in [9.17, 15) is 14.0 Å². The minimum atomic E-state index is -0.631. The number of aromatic nitrogens is 1. The number of carbonyl (C=O) groups excluding carboxylic acids is 1. The van der Waals surface area contributed by atoms with Crippen LogP contribution in [0.2, 0.25) is 0 Å². The van der Waals surface area contributed by atoms with Gasteiger partial charge in [-0.3, -0.25) is 4.79 Å². The Kier molecular flexibility index (Phi) is 4.35. The van der Waals surface area contributed by atoms with Crippen LogP contribution in [-0.4, -0.2) is 41.5 Å². The van der Waals surface area contributed by atoms with Crippen molar-refractivity contribution in [2.45, 2.75) is 13.0 Å². The van der Waals surface area contributed by atoms with Crippen LogP contribution >= 0.6 is 0 Å². The van der Waals surface area contributed by atoms with Crippen LogP contribution in [0, 0.1) is 5.82 Å². The smallest absolute Gasteiger partial charge is 0.349 e. The summed E-state index contributed by atoms with van der Waals surface area (Å²) in [5, 5.41) is 0.711. The number of rotatable bonds is 2. The molecule has 138 valence electrons. The van der Waals surface area contributed by atoms with Gasteiger partial charge in [-0.15, -0.1) is 0 Å². The Hall–Kier alpha value is -3.22. The monoisotopic (exact) mass is 367 g/mol. The van der Waals surface area contributed by atoms with E-state index in [0.717, 1.165) is 0 Å². The summed E-state index contributed by atoms with van der Waals surface area (Å²) >= 11 is 0. The fourth-order valence-electron chi connectivity index (χ4n) is 3.40. The molecule has 1 fully saturated rings. The van der Waals surface area contributed by atoms with Crippen molar-refractivity contribution in [3.8, 4) is 0 Å². The number of pyridine rings is 1. The highest BCUT2D eigenvalue weighted by Crippen LogP contribution is 2.20. The zero-order valence-corrected chi connectivity index (χ0v) is 14.8. The summed E-state index contributed by atoms with van der Waals surface area (Å²) in [6, 6.07) is 11.7. The van der Waals surface area contributed by atoms with E-state index in [2.05, 4.69) is 4.98 Å². The van der Waals surface area contributed by atoms with E-state index in [1.54, 1.807) is 35.2 Å². The minimum Gasteiger partial charge on any atom is -0.422 e. The molecule has 4 rings (SSSR count). The van der Waals surface area contributed by atoms with Crippen LogP contribution in [0.15, 0.2) is 57.9 Å². The molecule has 1 amide bonds. The van der Waals surface area contributed by atoms with E-state index < -0.39 is 5.63 Å². The summed E-state index contributed by atoms with van der Waals surface area (Å²) in [7, 11) is 0. The van der Waals surface area contributed by atoms with Crippen LogP contribution in [-0.2, 0) is 0 Å². The van der Waals surface area contributed by atoms with Crippen LogP contribution in [0.25, 0.3) is 11.0 Å². The summed E-state index contributed by atoms with van der Waals surface area (Å²) in [5.74, 6) is -0.0578. The molecule has 1 aliphatic rings. The van der Waals surface area contributed by atoms with Crippen molar-refractivity contribution < 1.29 is 13.6 Å². The van der Waals surface area contributed by atoms with Crippen LogP contribution in [0.1, 0.15) is 17.3 Å². The number of amides is 1. The molecule has 1 aliphatic heterocycles. The van der Waals surface area contributed by atoms with Gasteiger partial charge in [0.1, 0.15) is 22.8 Å². The summed E-state index contributed by atoms with van der Waals surface area (Å²) in [6.45, 7) is 3.39. The van der Waals surface area contributed by atoms with E-state index in [1.165, 1.54) is 12.3 Å². The third-order valence-corrected chi connectivity index (χ3v) is 4.79. The number of halogens is 1. The normalized spacial score (nSPS) is 17.3. The number of piperazine rings is 1. The maximum atomic E-state index is 13.1. The van der Waals surface area contributed by atoms with Crippen molar-refractivity contribution in [1.82, 2.24) is 9.88 Å². The second-order valence-electron chi connectivity index (χ2n) is 6.61. The van der Waals surface area contributed by atoms with Crippen molar-refractivity contribution >= 4 is 22.7 Å². The number of hydrogen-bond acceptors (Lipinski definition) is 5. The number of para-hydroxylation sites is 1. The van der Waals surface area contributed by atoms with Crippen molar-refractivity contribution in [3.05, 3.63) is 70.5 Å².